The van der Waals surface area contributed by atoms with Gasteiger partial charge in [0.15, 0.2) is 0 Å². The number of hydrogen-bond acceptors (Lipinski definition) is 3. The second kappa shape index (κ2) is 12.5. The minimum atomic E-state index is -6.34. The Morgan fingerprint density at radius 3 is 0.980 bits per heavy atom. The molecule has 270 valence electrons. The lowest BCUT2D eigenvalue weighted by molar-refractivity contribution is -0.144. The van der Waals surface area contributed by atoms with Gasteiger partial charge in [-0.25, -0.2) is 0 Å². The standard InChI is InChI=1S/C27H15BF18O3/c1-9(2)49-21-19(27(44,45)46)17(11-5-14(24(35,36)37)8-15(6-11)25(38,39)40)16(18(26(41,42)43)20(21)28(47)48)10-3-12(22(29,30)31)7-13(4-10)23(32,33)34/h3-9,47-48H,1-2H3. The molecule has 0 aliphatic rings. The van der Waals surface area contributed by atoms with E-state index in [0.717, 1.165) is 13.8 Å². The molecule has 3 aromatic carbocycles. The van der Waals surface area contributed by atoms with E-state index in [1.807, 2.05) is 0 Å². The summed E-state index contributed by atoms with van der Waals surface area (Å²) in [7, 11) is -3.75. The van der Waals surface area contributed by atoms with Crippen molar-refractivity contribution in [2.45, 2.75) is 57.0 Å². The van der Waals surface area contributed by atoms with Gasteiger partial charge in [0.1, 0.15) is 11.3 Å². The predicted octanol–water partition coefficient (Wildman–Crippen LogP) is 9.60. The third kappa shape index (κ3) is 8.50. The van der Waals surface area contributed by atoms with Crippen LogP contribution in [-0.4, -0.2) is 23.3 Å². The minimum absolute atomic E-state index is 0.560. The molecule has 22 heteroatoms. The zero-order valence-corrected chi connectivity index (χ0v) is 23.7. The highest BCUT2D eigenvalue weighted by atomic mass is 19.4. The van der Waals surface area contributed by atoms with Crippen LogP contribution < -0.4 is 10.2 Å². The molecule has 0 spiro atoms. The predicted molar refractivity (Wildman–Crippen MR) is 133 cm³/mol. The highest BCUT2D eigenvalue weighted by Crippen LogP contribution is 2.54. The van der Waals surface area contributed by atoms with E-state index in [1.54, 1.807) is 0 Å². The first-order chi connectivity index (χ1) is 21.8. The molecule has 0 heterocycles. The quantitative estimate of drug-likeness (QED) is 0.203. The number of ether oxygens (including phenoxy) is 1. The monoisotopic (exact) mass is 740 g/mol. The molecule has 0 unspecified atom stereocenters. The second-order valence-corrected chi connectivity index (χ2v) is 10.4. The molecule has 0 amide bonds. The molecule has 0 radical (unpaired) electrons. The molecule has 0 saturated carbocycles. The van der Waals surface area contributed by atoms with Gasteiger partial charge in [0, 0.05) is 16.6 Å². The summed E-state index contributed by atoms with van der Waals surface area (Å²) in [6.07, 6.45) is -37.9. The van der Waals surface area contributed by atoms with E-state index in [2.05, 4.69) is 0 Å². The van der Waals surface area contributed by atoms with Crippen LogP contribution in [0, 0.1) is 0 Å². The molecular weight excluding hydrogens is 725 g/mol. The van der Waals surface area contributed by atoms with E-state index in [4.69, 9.17) is 4.74 Å². The summed E-state index contributed by atoms with van der Waals surface area (Å²) >= 11 is 0. The van der Waals surface area contributed by atoms with Crippen molar-refractivity contribution in [3.63, 3.8) is 0 Å². The molecular formula is C27H15BF18O3. The first-order valence-corrected chi connectivity index (χ1v) is 12.8. The van der Waals surface area contributed by atoms with Gasteiger partial charge in [0.25, 0.3) is 0 Å². The van der Waals surface area contributed by atoms with Crippen LogP contribution >= 0.6 is 0 Å². The summed E-state index contributed by atoms with van der Waals surface area (Å²) in [6, 6.07) is -3.65. The minimum Gasteiger partial charge on any atom is -0.491 e. The number of rotatable bonds is 5. The van der Waals surface area contributed by atoms with Gasteiger partial charge in [0.2, 0.25) is 0 Å². The number of halogens is 18. The Labute approximate surface area is 261 Å². The Morgan fingerprint density at radius 1 is 0.469 bits per heavy atom. The van der Waals surface area contributed by atoms with Crippen LogP contribution in [0.15, 0.2) is 36.4 Å². The van der Waals surface area contributed by atoms with E-state index in [9.17, 15) is 89.1 Å². The Morgan fingerprint density at radius 2 is 0.755 bits per heavy atom. The van der Waals surface area contributed by atoms with Crippen molar-refractivity contribution in [2.24, 2.45) is 0 Å². The maximum absolute atomic E-state index is 14.9. The second-order valence-electron chi connectivity index (χ2n) is 10.4. The highest BCUT2D eigenvalue weighted by Gasteiger charge is 2.50. The first-order valence-electron chi connectivity index (χ1n) is 12.8. The van der Waals surface area contributed by atoms with Crippen LogP contribution in [0.5, 0.6) is 5.75 Å². The first kappa shape index (κ1) is 39.6. The van der Waals surface area contributed by atoms with Crippen LogP contribution in [0.2, 0.25) is 0 Å². The molecule has 0 bridgehead atoms. The summed E-state index contributed by atoms with van der Waals surface area (Å²) in [5.74, 6) is -2.27. The van der Waals surface area contributed by atoms with Gasteiger partial charge >= 0.3 is 44.2 Å². The fraction of sp³-hybridized carbons (Fsp3) is 0.333. The summed E-state index contributed by atoms with van der Waals surface area (Å²) in [4.78, 5) is 0. The Kier molecular flexibility index (Phi) is 10.1. The lowest BCUT2D eigenvalue weighted by Gasteiger charge is -2.30. The molecule has 0 aliphatic heterocycles. The maximum atomic E-state index is 14.9. The molecule has 0 aromatic heterocycles. The lowest BCUT2D eigenvalue weighted by atomic mass is 9.70. The van der Waals surface area contributed by atoms with Crippen molar-refractivity contribution >= 4 is 12.6 Å². The molecule has 49 heavy (non-hydrogen) atoms. The summed E-state index contributed by atoms with van der Waals surface area (Å²) in [5, 5.41) is 19.8. The van der Waals surface area contributed by atoms with Gasteiger partial charge in [0.05, 0.1) is 33.9 Å². The number of hydrogen-bond donors (Lipinski definition) is 2. The van der Waals surface area contributed by atoms with Crippen molar-refractivity contribution < 1.29 is 93.8 Å². The largest absolute Gasteiger partial charge is 0.492 e. The third-order valence-corrected chi connectivity index (χ3v) is 6.42. The molecule has 0 aliphatic carbocycles. The molecule has 0 atom stereocenters. The Bertz CT molecular complexity index is 1640. The molecule has 3 nitrogen and oxygen atoms in total. The van der Waals surface area contributed by atoms with E-state index >= 15 is 0 Å². The van der Waals surface area contributed by atoms with E-state index in [1.165, 1.54) is 0 Å². The van der Waals surface area contributed by atoms with Crippen LogP contribution in [0.25, 0.3) is 22.3 Å². The van der Waals surface area contributed by atoms with Gasteiger partial charge < -0.3 is 14.8 Å². The zero-order valence-electron chi connectivity index (χ0n) is 23.7. The highest BCUT2D eigenvalue weighted by molar-refractivity contribution is 6.61. The van der Waals surface area contributed by atoms with Crippen molar-refractivity contribution in [1.29, 1.82) is 0 Å². The number of benzene rings is 3. The third-order valence-electron chi connectivity index (χ3n) is 6.42. The maximum Gasteiger partial charge on any atom is 0.492 e. The fourth-order valence-corrected chi connectivity index (χ4v) is 4.69. The molecule has 3 aromatic rings. The topological polar surface area (TPSA) is 49.7 Å². The van der Waals surface area contributed by atoms with Crippen molar-refractivity contribution in [1.82, 2.24) is 0 Å². The van der Waals surface area contributed by atoms with E-state index in [-0.39, 0.29) is 0 Å². The van der Waals surface area contributed by atoms with Crippen molar-refractivity contribution in [2.75, 3.05) is 0 Å². The van der Waals surface area contributed by atoms with E-state index < -0.39 is 154 Å². The van der Waals surface area contributed by atoms with Gasteiger partial charge in [-0.1, -0.05) is 0 Å². The van der Waals surface area contributed by atoms with Crippen molar-refractivity contribution in [3.8, 4) is 28.0 Å². The van der Waals surface area contributed by atoms with Gasteiger partial charge in [-0.05, 0) is 61.4 Å². The van der Waals surface area contributed by atoms with E-state index in [0.29, 0.717) is 0 Å². The zero-order chi connectivity index (χ0) is 38.0. The van der Waals surface area contributed by atoms with Crippen LogP contribution in [0.1, 0.15) is 47.2 Å². The van der Waals surface area contributed by atoms with Gasteiger partial charge in [-0.15, -0.1) is 0 Å². The summed E-state index contributed by atoms with van der Waals surface area (Å²) in [6.45, 7) is 1.64. The van der Waals surface area contributed by atoms with Gasteiger partial charge in [-0.2, -0.15) is 79.0 Å². The molecule has 2 N–H and O–H groups in total. The normalized spacial score (nSPS) is 13.7. The molecule has 3 rings (SSSR count). The summed E-state index contributed by atoms with van der Waals surface area (Å²) < 4.78 is 259. The Balaban J connectivity index is 2.98. The number of alkyl halides is 18. The molecule has 0 fully saturated rings. The Hall–Kier alpha value is -3.82. The van der Waals surface area contributed by atoms with Crippen LogP contribution in [-0.2, 0) is 37.1 Å². The van der Waals surface area contributed by atoms with Crippen LogP contribution in [0.3, 0.4) is 0 Å². The summed E-state index contributed by atoms with van der Waals surface area (Å²) in [5.41, 5.74) is -27.1. The SMILES string of the molecule is CC(C)Oc1c(B(O)O)c(C(F)(F)F)c(-c2cc(C(F)(F)F)cc(C(F)(F)F)c2)c(-c2cc(C(F)(F)F)cc(C(F)(F)F)c2)c1C(F)(F)F. The van der Waals surface area contributed by atoms with Crippen molar-refractivity contribution in [3.05, 3.63) is 69.8 Å². The smallest absolute Gasteiger partial charge is 0.491 e. The van der Waals surface area contributed by atoms with Gasteiger partial charge in [-0.3, -0.25) is 0 Å². The fourth-order valence-electron chi connectivity index (χ4n) is 4.69. The van der Waals surface area contributed by atoms with Crippen LogP contribution in [0.4, 0.5) is 79.0 Å². The molecule has 0 saturated heterocycles. The lowest BCUT2D eigenvalue weighted by Crippen LogP contribution is -2.40. The average molecular weight is 740 g/mol. The average Bonchev–Trinajstić information content (AvgIpc) is 2.88.